The van der Waals surface area contributed by atoms with E-state index in [1.54, 1.807) is 0 Å². The minimum absolute atomic E-state index is 0.0541. The van der Waals surface area contributed by atoms with Crippen molar-refractivity contribution in [2.24, 2.45) is 11.8 Å². The lowest BCUT2D eigenvalue weighted by Crippen LogP contribution is -2.54. The Balaban J connectivity index is 1.91. The summed E-state index contributed by atoms with van der Waals surface area (Å²) in [5.41, 5.74) is -0.0541. The van der Waals surface area contributed by atoms with Crippen molar-refractivity contribution in [2.45, 2.75) is 71.2 Å². The molecule has 0 aromatic heterocycles. The summed E-state index contributed by atoms with van der Waals surface area (Å²) in [5.74, 6) is 1.28. The van der Waals surface area contributed by atoms with E-state index in [0.717, 1.165) is 32.0 Å². The molecule has 3 heteroatoms. The number of nitrogens with zero attached hydrogens (tertiary/aromatic N) is 1. The second-order valence-corrected chi connectivity index (χ2v) is 7.30. The molecule has 1 N–H and O–H groups in total. The molecule has 0 amide bonds. The molecule has 0 aromatic rings. The fraction of sp³-hybridized carbons (Fsp3) is 1.00. The molecule has 1 saturated carbocycles. The molecule has 2 aliphatic rings. The average molecular weight is 269 g/mol. The largest absolute Gasteiger partial charge is 0.393 e. The van der Waals surface area contributed by atoms with Gasteiger partial charge in [-0.1, -0.05) is 13.3 Å². The van der Waals surface area contributed by atoms with Gasteiger partial charge in [0.05, 0.1) is 17.8 Å². The van der Waals surface area contributed by atoms with Gasteiger partial charge in [0.15, 0.2) is 0 Å². The summed E-state index contributed by atoms with van der Waals surface area (Å²) in [6.07, 6.45) is 4.86. The summed E-state index contributed by atoms with van der Waals surface area (Å²) < 4.78 is 5.96. The van der Waals surface area contributed by atoms with Crippen molar-refractivity contribution in [1.82, 2.24) is 4.90 Å². The van der Waals surface area contributed by atoms with Crippen LogP contribution in [0.25, 0.3) is 0 Å². The Bertz CT molecular complexity index is 292. The molecular weight excluding hydrogens is 238 g/mol. The standard InChI is InChI=1S/C16H31NO2/c1-5-13-6-7-15(18)14(8-13)10-17-9-12(2)19-16(3,4)11-17/h12-15,18H,5-11H2,1-4H3. The van der Waals surface area contributed by atoms with Crippen molar-refractivity contribution in [3.8, 4) is 0 Å². The summed E-state index contributed by atoms with van der Waals surface area (Å²) in [5, 5.41) is 10.3. The van der Waals surface area contributed by atoms with Crippen LogP contribution in [0.2, 0.25) is 0 Å². The van der Waals surface area contributed by atoms with E-state index in [1.165, 1.54) is 19.3 Å². The predicted molar refractivity (Wildman–Crippen MR) is 78.2 cm³/mol. The zero-order valence-electron chi connectivity index (χ0n) is 13.1. The van der Waals surface area contributed by atoms with E-state index in [2.05, 4.69) is 32.6 Å². The van der Waals surface area contributed by atoms with E-state index in [-0.39, 0.29) is 11.7 Å². The SMILES string of the molecule is CCC1CCC(O)C(CN2CC(C)OC(C)(C)C2)C1. The van der Waals surface area contributed by atoms with Crippen LogP contribution in [0.4, 0.5) is 0 Å². The Morgan fingerprint density at radius 1 is 1.32 bits per heavy atom. The second kappa shape index (κ2) is 6.11. The van der Waals surface area contributed by atoms with Gasteiger partial charge in [0.1, 0.15) is 0 Å². The summed E-state index contributed by atoms with van der Waals surface area (Å²) in [6.45, 7) is 11.8. The highest BCUT2D eigenvalue weighted by atomic mass is 16.5. The van der Waals surface area contributed by atoms with E-state index in [0.29, 0.717) is 12.0 Å². The van der Waals surface area contributed by atoms with Crippen molar-refractivity contribution >= 4 is 0 Å². The molecular formula is C16H31NO2. The Hall–Kier alpha value is -0.120. The van der Waals surface area contributed by atoms with Gasteiger partial charge in [-0.15, -0.1) is 0 Å². The van der Waals surface area contributed by atoms with E-state index in [4.69, 9.17) is 4.74 Å². The van der Waals surface area contributed by atoms with Crippen LogP contribution >= 0.6 is 0 Å². The molecule has 4 atom stereocenters. The fourth-order valence-electron chi connectivity index (χ4n) is 3.97. The van der Waals surface area contributed by atoms with Gasteiger partial charge >= 0.3 is 0 Å². The van der Waals surface area contributed by atoms with Crippen LogP contribution in [0.15, 0.2) is 0 Å². The number of rotatable bonds is 3. The van der Waals surface area contributed by atoms with Crippen LogP contribution in [0.5, 0.6) is 0 Å². The lowest BCUT2D eigenvalue weighted by atomic mass is 9.78. The predicted octanol–water partition coefficient (Wildman–Crippen LogP) is 2.67. The molecule has 1 heterocycles. The highest BCUT2D eigenvalue weighted by Gasteiger charge is 2.35. The monoisotopic (exact) mass is 269 g/mol. The Labute approximate surface area is 118 Å². The van der Waals surface area contributed by atoms with E-state index < -0.39 is 0 Å². The van der Waals surface area contributed by atoms with Crippen LogP contribution in [-0.2, 0) is 4.74 Å². The summed E-state index contributed by atoms with van der Waals surface area (Å²) >= 11 is 0. The number of morpholine rings is 1. The summed E-state index contributed by atoms with van der Waals surface area (Å²) in [6, 6.07) is 0. The fourth-order valence-corrected chi connectivity index (χ4v) is 3.97. The Morgan fingerprint density at radius 2 is 2.05 bits per heavy atom. The number of hydrogen-bond donors (Lipinski definition) is 1. The average Bonchev–Trinajstić information content (AvgIpc) is 2.29. The van der Waals surface area contributed by atoms with Gasteiger partial charge in [-0.25, -0.2) is 0 Å². The third kappa shape index (κ3) is 4.17. The molecule has 2 fully saturated rings. The highest BCUT2D eigenvalue weighted by Crippen LogP contribution is 2.33. The minimum atomic E-state index is -0.0935. The lowest BCUT2D eigenvalue weighted by molar-refractivity contribution is -0.135. The van der Waals surface area contributed by atoms with Crippen molar-refractivity contribution in [3.05, 3.63) is 0 Å². The van der Waals surface area contributed by atoms with Gasteiger partial charge in [-0.3, -0.25) is 4.90 Å². The molecule has 112 valence electrons. The first-order valence-electron chi connectivity index (χ1n) is 7.98. The van der Waals surface area contributed by atoms with Crippen molar-refractivity contribution in [3.63, 3.8) is 0 Å². The first-order chi connectivity index (χ1) is 8.89. The van der Waals surface area contributed by atoms with Crippen molar-refractivity contribution in [2.75, 3.05) is 19.6 Å². The minimum Gasteiger partial charge on any atom is -0.393 e. The van der Waals surface area contributed by atoms with Crippen LogP contribution in [0, 0.1) is 11.8 Å². The van der Waals surface area contributed by atoms with E-state index in [9.17, 15) is 5.11 Å². The second-order valence-electron chi connectivity index (χ2n) is 7.30. The normalized spacial score (nSPS) is 40.3. The van der Waals surface area contributed by atoms with Crippen LogP contribution in [0.3, 0.4) is 0 Å². The Kier molecular flexibility index (Phi) is 4.91. The van der Waals surface area contributed by atoms with E-state index >= 15 is 0 Å². The molecule has 2 rings (SSSR count). The molecule has 0 radical (unpaired) electrons. The molecule has 1 aliphatic heterocycles. The zero-order valence-corrected chi connectivity index (χ0v) is 13.1. The summed E-state index contributed by atoms with van der Waals surface area (Å²) in [4.78, 5) is 2.50. The smallest absolute Gasteiger partial charge is 0.0757 e. The van der Waals surface area contributed by atoms with Crippen LogP contribution in [0.1, 0.15) is 53.4 Å². The third-order valence-electron chi connectivity index (χ3n) is 4.76. The molecule has 1 saturated heterocycles. The van der Waals surface area contributed by atoms with E-state index in [1.807, 2.05) is 0 Å². The van der Waals surface area contributed by atoms with Gasteiger partial charge in [0.2, 0.25) is 0 Å². The van der Waals surface area contributed by atoms with Crippen molar-refractivity contribution < 1.29 is 9.84 Å². The van der Waals surface area contributed by atoms with Crippen molar-refractivity contribution in [1.29, 1.82) is 0 Å². The highest BCUT2D eigenvalue weighted by molar-refractivity contribution is 4.87. The first kappa shape index (κ1) is 15.3. The molecule has 0 aromatic carbocycles. The third-order valence-corrected chi connectivity index (χ3v) is 4.76. The van der Waals surface area contributed by atoms with Crippen LogP contribution in [-0.4, -0.2) is 47.4 Å². The quantitative estimate of drug-likeness (QED) is 0.855. The lowest BCUT2D eigenvalue weighted by Gasteiger charge is -2.44. The number of aliphatic hydroxyl groups is 1. The molecule has 19 heavy (non-hydrogen) atoms. The maximum absolute atomic E-state index is 10.3. The number of hydrogen-bond acceptors (Lipinski definition) is 3. The molecule has 4 unspecified atom stereocenters. The van der Waals surface area contributed by atoms with Gasteiger partial charge < -0.3 is 9.84 Å². The zero-order chi connectivity index (χ0) is 14.0. The number of aliphatic hydroxyl groups excluding tert-OH is 1. The Morgan fingerprint density at radius 3 is 2.68 bits per heavy atom. The molecule has 1 aliphatic carbocycles. The van der Waals surface area contributed by atoms with Gasteiger partial charge in [-0.05, 0) is 51.9 Å². The summed E-state index contributed by atoms with van der Waals surface area (Å²) in [7, 11) is 0. The maximum Gasteiger partial charge on any atom is 0.0757 e. The maximum atomic E-state index is 10.3. The number of ether oxygens (including phenoxy) is 1. The topological polar surface area (TPSA) is 32.7 Å². The molecule has 0 bridgehead atoms. The van der Waals surface area contributed by atoms with Crippen LogP contribution < -0.4 is 0 Å². The first-order valence-corrected chi connectivity index (χ1v) is 7.98. The molecule has 0 spiro atoms. The molecule has 3 nitrogen and oxygen atoms in total. The van der Waals surface area contributed by atoms with Gasteiger partial charge in [0, 0.05) is 19.6 Å². The van der Waals surface area contributed by atoms with Gasteiger partial charge in [0.25, 0.3) is 0 Å². The van der Waals surface area contributed by atoms with Gasteiger partial charge in [-0.2, -0.15) is 0 Å².